The predicted octanol–water partition coefficient (Wildman–Crippen LogP) is 3.55. The second-order valence-electron chi connectivity index (χ2n) is 5.89. The zero-order valence-corrected chi connectivity index (χ0v) is 13.6. The van der Waals surface area contributed by atoms with Crippen LogP contribution in [0, 0.1) is 0 Å². The number of aliphatic carboxylic acids is 1. The molecule has 2 aromatic carbocycles. The summed E-state index contributed by atoms with van der Waals surface area (Å²) in [4.78, 5) is 23.1. The largest absolute Gasteiger partial charge is 0.480 e. The quantitative estimate of drug-likeness (QED) is 0.790. The van der Waals surface area contributed by atoms with Crippen LogP contribution in [0.1, 0.15) is 23.5 Å². The summed E-state index contributed by atoms with van der Waals surface area (Å²) in [5.74, 6) is -1.17. The standard InChI is InChI=1S/C20H19NO4/c1-2-7-18(19(22)23)21-20(24)25-12-17-15-10-5-3-8-13(15)14-9-4-6-11-16(14)17/h2-6,8-11,17-18H,1,7,12H2,(H,21,24)(H,22,23)/t18-/m1/s1. The molecule has 1 aliphatic carbocycles. The molecule has 0 radical (unpaired) electrons. The van der Waals surface area contributed by atoms with Crippen LogP contribution in [0.5, 0.6) is 0 Å². The molecule has 0 unspecified atom stereocenters. The molecule has 0 aromatic heterocycles. The van der Waals surface area contributed by atoms with E-state index in [1.165, 1.54) is 6.08 Å². The Balaban J connectivity index is 1.72. The van der Waals surface area contributed by atoms with E-state index >= 15 is 0 Å². The van der Waals surface area contributed by atoms with Gasteiger partial charge in [0, 0.05) is 5.92 Å². The molecule has 0 heterocycles. The number of carbonyl (C=O) groups excluding carboxylic acids is 1. The van der Waals surface area contributed by atoms with Crippen molar-refractivity contribution in [3.8, 4) is 11.1 Å². The van der Waals surface area contributed by atoms with E-state index in [1.54, 1.807) is 0 Å². The average molecular weight is 337 g/mol. The lowest BCUT2D eigenvalue weighted by molar-refractivity contribution is -0.139. The van der Waals surface area contributed by atoms with E-state index < -0.39 is 18.1 Å². The summed E-state index contributed by atoms with van der Waals surface area (Å²) in [6, 6.07) is 15.0. The van der Waals surface area contributed by atoms with E-state index in [2.05, 4.69) is 24.0 Å². The first-order valence-corrected chi connectivity index (χ1v) is 8.07. The van der Waals surface area contributed by atoms with Crippen molar-refractivity contribution in [1.82, 2.24) is 5.32 Å². The van der Waals surface area contributed by atoms with Gasteiger partial charge in [-0.3, -0.25) is 0 Å². The minimum absolute atomic E-state index is 0.0548. The maximum Gasteiger partial charge on any atom is 0.407 e. The number of benzene rings is 2. The number of amides is 1. The predicted molar refractivity (Wildman–Crippen MR) is 94.4 cm³/mol. The molecule has 0 saturated carbocycles. The van der Waals surface area contributed by atoms with Crippen LogP contribution in [0.25, 0.3) is 11.1 Å². The van der Waals surface area contributed by atoms with E-state index in [-0.39, 0.29) is 18.9 Å². The Kier molecular flexibility index (Phi) is 4.84. The van der Waals surface area contributed by atoms with E-state index in [1.807, 2.05) is 36.4 Å². The van der Waals surface area contributed by atoms with Gasteiger partial charge >= 0.3 is 12.1 Å². The van der Waals surface area contributed by atoms with E-state index in [0.717, 1.165) is 22.3 Å². The Bertz CT molecular complexity index is 769. The number of rotatable bonds is 6. The molecular weight excluding hydrogens is 318 g/mol. The highest BCUT2D eigenvalue weighted by atomic mass is 16.5. The van der Waals surface area contributed by atoms with Crippen LogP contribution in [-0.4, -0.2) is 29.8 Å². The number of ether oxygens (including phenoxy) is 1. The van der Waals surface area contributed by atoms with Gasteiger partial charge in [-0.15, -0.1) is 6.58 Å². The fourth-order valence-corrected chi connectivity index (χ4v) is 3.17. The van der Waals surface area contributed by atoms with Gasteiger partial charge in [0.1, 0.15) is 12.6 Å². The van der Waals surface area contributed by atoms with Crippen molar-refractivity contribution in [2.45, 2.75) is 18.4 Å². The number of alkyl carbamates (subject to hydrolysis) is 1. The van der Waals surface area contributed by atoms with Gasteiger partial charge in [0.25, 0.3) is 0 Å². The highest BCUT2D eigenvalue weighted by molar-refractivity contribution is 5.81. The van der Waals surface area contributed by atoms with Crippen LogP contribution in [0.4, 0.5) is 4.79 Å². The van der Waals surface area contributed by atoms with Crippen molar-refractivity contribution in [2.75, 3.05) is 6.61 Å². The van der Waals surface area contributed by atoms with Crippen molar-refractivity contribution in [1.29, 1.82) is 0 Å². The summed E-state index contributed by atoms with van der Waals surface area (Å²) >= 11 is 0. The number of hydrogen-bond donors (Lipinski definition) is 2. The monoisotopic (exact) mass is 337 g/mol. The Labute approximate surface area is 145 Å². The van der Waals surface area contributed by atoms with Gasteiger partial charge in [-0.2, -0.15) is 0 Å². The van der Waals surface area contributed by atoms with Gasteiger partial charge in [-0.05, 0) is 28.7 Å². The maximum atomic E-state index is 12.0. The first kappa shape index (κ1) is 16.8. The summed E-state index contributed by atoms with van der Waals surface area (Å²) < 4.78 is 5.32. The molecule has 0 spiro atoms. The first-order chi connectivity index (χ1) is 12.1. The molecule has 2 aromatic rings. The van der Waals surface area contributed by atoms with Crippen LogP contribution in [0.15, 0.2) is 61.2 Å². The SMILES string of the molecule is C=CC[C@@H](NC(=O)OCC1c2ccccc2-c2ccccc21)C(=O)O. The summed E-state index contributed by atoms with van der Waals surface area (Å²) in [6.45, 7) is 3.65. The highest BCUT2D eigenvalue weighted by Gasteiger charge is 2.29. The molecule has 1 aliphatic rings. The van der Waals surface area contributed by atoms with Crippen molar-refractivity contribution in [3.05, 3.63) is 72.3 Å². The zero-order valence-electron chi connectivity index (χ0n) is 13.6. The van der Waals surface area contributed by atoms with Crippen LogP contribution < -0.4 is 5.32 Å². The van der Waals surface area contributed by atoms with Gasteiger partial charge in [0.2, 0.25) is 0 Å². The smallest absolute Gasteiger partial charge is 0.407 e. The normalized spacial score (nSPS) is 13.4. The first-order valence-electron chi connectivity index (χ1n) is 8.07. The molecule has 5 heteroatoms. The minimum Gasteiger partial charge on any atom is -0.480 e. The van der Waals surface area contributed by atoms with Crippen LogP contribution in [0.2, 0.25) is 0 Å². The fourth-order valence-electron chi connectivity index (χ4n) is 3.17. The number of fused-ring (bicyclic) bond motifs is 3. The van der Waals surface area contributed by atoms with E-state index in [0.29, 0.717) is 0 Å². The van der Waals surface area contributed by atoms with Crippen molar-refractivity contribution in [3.63, 3.8) is 0 Å². The fraction of sp³-hybridized carbons (Fsp3) is 0.200. The topological polar surface area (TPSA) is 75.6 Å². The minimum atomic E-state index is -1.12. The summed E-state index contributed by atoms with van der Waals surface area (Å²) in [6.07, 6.45) is 0.846. The highest BCUT2D eigenvalue weighted by Crippen LogP contribution is 2.44. The number of carboxylic acids is 1. The molecule has 3 rings (SSSR count). The Hall–Kier alpha value is -3.08. The van der Waals surface area contributed by atoms with Gasteiger partial charge < -0.3 is 15.2 Å². The Morgan fingerprint density at radius 3 is 2.20 bits per heavy atom. The third-order valence-corrected chi connectivity index (χ3v) is 4.34. The molecule has 0 saturated heterocycles. The molecule has 5 nitrogen and oxygen atoms in total. The van der Waals surface area contributed by atoms with E-state index in [9.17, 15) is 9.59 Å². The number of nitrogens with one attached hydrogen (secondary N) is 1. The molecule has 1 atom stereocenters. The lowest BCUT2D eigenvalue weighted by Gasteiger charge is -2.16. The number of carboxylic acid groups (broad SMARTS) is 1. The molecule has 0 aliphatic heterocycles. The Morgan fingerprint density at radius 1 is 1.12 bits per heavy atom. The molecule has 1 amide bonds. The summed E-state index contributed by atoms with van der Waals surface area (Å²) in [5, 5.41) is 11.4. The lowest BCUT2D eigenvalue weighted by Crippen LogP contribution is -2.41. The van der Waals surface area contributed by atoms with E-state index in [4.69, 9.17) is 9.84 Å². The van der Waals surface area contributed by atoms with Gasteiger partial charge in [-0.25, -0.2) is 9.59 Å². The van der Waals surface area contributed by atoms with Crippen molar-refractivity contribution in [2.24, 2.45) is 0 Å². The maximum absolute atomic E-state index is 12.0. The third kappa shape index (κ3) is 3.40. The van der Waals surface area contributed by atoms with Crippen LogP contribution in [-0.2, 0) is 9.53 Å². The lowest BCUT2D eigenvalue weighted by atomic mass is 9.98. The molecule has 0 fully saturated rings. The molecule has 25 heavy (non-hydrogen) atoms. The number of hydrogen-bond acceptors (Lipinski definition) is 3. The van der Waals surface area contributed by atoms with Gasteiger partial charge in [0.05, 0.1) is 0 Å². The molecular formula is C20H19NO4. The second kappa shape index (κ2) is 7.21. The zero-order chi connectivity index (χ0) is 17.8. The molecule has 128 valence electrons. The Morgan fingerprint density at radius 2 is 1.68 bits per heavy atom. The molecule has 2 N–H and O–H groups in total. The summed E-state index contributed by atoms with van der Waals surface area (Å²) in [5.41, 5.74) is 4.50. The third-order valence-electron chi connectivity index (χ3n) is 4.34. The van der Waals surface area contributed by atoms with Crippen LogP contribution in [0.3, 0.4) is 0 Å². The van der Waals surface area contributed by atoms with Crippen molar-refractivity contribution >= 4 is 12.1 Å². The average Bonchev–Trinajstić information content (AvgIpc) is 2.93. The summed E-state index contributed by atoms with van der Waals surface area (Å²) in [7, 11) is 0. The second-order valence-corrected chi connectivity index (χ2v) is 5.89. The van der Waals surface area contributed by atoms with Gasteiger partial charge in [0.15, 0.2) is 0 Å². The number of carbonyl (C=O) groups is 2. The molecule has 0 bridgehead atoms. The van der Waals surface area contributed by atoms with Crippen molar-refractivity contribution < 1.29 is 19.4 Å². The van der Waals surface area contributed by atoms with Gasteiger partial charge in [-0.1, -0.05) is 54.6 Å². The van der Waals surface area contributed by atoms with Crippen LogP contribution >= 0.6 is 0 Å².